The Bertz CT molecular complexity index is 975. The van der Waals surface area contributed by atoms with Gasteiger partial charge in [-0.1, -0.05) is 23.2 Å². The van der Waals surface area contributed by atoms with Crippen molar-refractivity contribution in [3.05, 3.63) is 69.2 Å². The topological polar surface area (TPSA) is 61.8 Å². The maximum atomic E-state index is 12.2. The number of esters is 2. The molecular weight excluding hydrogens is 391 g/mol. The highest BCUT2D eigenvalue weighted by molar-refractivity contribution is 6.32. The third kappa shape index (κ3) is 4.32. The molecule has 1 aliphatic heterocycles. The number of carbonyl (C=O) groups excluding carboxylic acids is 2. The zero-order valence-electron chi connectivity index (χ0n) is 14.4. The molecule has 0 spiro atoms. The van der Waals surface area contributed by atoms with E-state index in [4.69, 9.17) is 37.4 Å². The molecule has 138 valence electrons. The molecule has 0 atom stereocenters. The Morgan fingerprint density at radius 2 is 1.85 bits per heavy atom. The van der Waals surface area contributed by atoms with Crippen LogP contribution in [0.4, 0.5) is 0 Å². The Hall–Kier alpha value is -2.76. The molecule has 0 N–H and O–H groups in total. The highest BCUT2D eigenvalue weighted by atomic mass is 35.5. The molecule has 0 aromatic heterocycles. The average molecular weight is 405 g/mol. The van der Waals surface area contributed by atoms with Crippen molar-refractivity contribution >= 4 is 47.0 Å². The van der Waals surface area contributed by atoms with E-state index in [1.165, 1.54) is 14.0 Å². The number of hydrogen-bond acceptors (Lipinski definition) is 5. The minimum absolute atomic E-state index is 0.125. The number of hydrogen-bond donors (Lipinski definition) is 0. The molecule has 1 heterocycles. The average Bonchev–Trinajstić information content (AvgIpc) is 2.98. The zero-order chi connectivity index (χ0) is 19.6. The van der Waals surface area contributed by atoms with Gasteiger partial charge in [0.25, 0.3) is 0 Å². The Morgan fingerprint density at radius 1 is 1.15 bits per heavy atom. The first-order valence-corrected chi connectivity index (χ1v) is 8.60. The molecule has 2 aromatic carbocycles. The molecule has 0 saturated heterocycles. The number of methoxy groups -OCH3 is 1. The van der Waals surface area contributed by atoms with Gasteiger partial charge in [0, 0.05) is 17.5 Å². The van der Waals surface area contributed by atoms with Gasteiger partial charge in [-0.25, -0.2) is 4.79 Å². The molecule has 0 aliphatic carbocycles. The van der Waals surface area contributed by atoms with Crippen molar-refractivity contribution in [3.8, 4) is 11.5 Å². The van der Waals surface area contributed by atoms with E-state index < -0.39 is 11.9 Å². The summed E-state index contributed by atoms with van der Waals surface area (Å²) < 4.78 is 15.6. The maximum Gasteiger partial charge on any atom is 0.343 e. The van der Waals surface area contributed by atoms with Crippen LogP contribution in [-0.4, -0.2) is 19.0 Å². The van der Waals surface area contributed by atoms with E-state index >= 15 is 0 Å². The second kappa shape index (κ2) is 7.86. The van der Waals surface area contributed by atoms with Crippen molar-refractivity contribution in [2.45, 2.75) is 6.92 Å². The standard InChI is InChI=1S/C20H14Cl2O5/c1-11(23)26-19-16(22)8-12(9-18(19)25-2)7-14-10-17(27-20(14)24)13-3-5-15(21)6-4-13/h3-10H,1-2H3. The number of cyclic esters (lactones) is 1. The molecule has 3 rings (SSSR count). The SMILES string of the molecule is COc1cc(C=C2C=C(c3ccc(Cl)cc3)OC2=O)cc(Cl)c1OC(C)=O. The fourth-order valence-electron chi connectivity index (χ4n) is 2.49. The van der Waals surface area contributed by atoms with Gasteiger partial charge >= 0.3 is 11.9 Å². The summed E-state index contributed by atoms with van der Waals surface area (Å²) in [5, 5.41) is 0.777. The molecule has 0 saturated carbocycles. The van der Waals surface area contributed by atoms with Crippen molar-refractivity contribution in [2.24, 2.45) is 0 Å². The van der Waals surface area contributed by atoms with Crippen LogP contribution in [0.15, 0.2) is 48.0 Å². The van der Waals surface area contributed by atoms with Crippen LogP contribution in [0.25, 0.3) is 11.8 Å². The van der Waals surface area contributed by atoms with Crippen LogP contribution in [0.2, 0.25) is 10.0 Å². The molecule has 2 aromatic rings. The Kier molecular flexibility index (Phi) is 5.54. The van der Waals surface area contributed by atoms with Gasteiger partial charge in [-0.05, 0) is 54.1 Å². The number of rotatable bonds is 4. The van der Waals surface area contributed by atoms with Crippen LogP contribution in [-0.2, 0) is 14.3 Å². The van der Waals surface area contributed by atoms with Crippen molar-refractivity contribution in [3.63, 3.8) is 0 Å². The summed E-state index contributed by atoms with van der Waals surface area (Å²) in [7, 11) is 1.43. The molecule has 27 heavy (non-hydrogen) atoms. The summed E-state index contributed by atoms with van der Waals surface area (Å²) in [5.74, 6) is -0.175. The molecule has 0 bridgehead atoms. The summed E-state index contributed by atoms with van der Waals surface area (Å²) in [6.45, 7) is 1.27. The molecule has 0 amide bonds. The third-order valence-corrected chi connectivity index (χ3v) is 4.21. The van der Waals surface area contributed by atoms with Gasteiger partial charge in [0.15, 0.2) is 11.5 Å². The van der Waals surface area contributed by atoms with Crippen LogP contribution in [0.3, 0.4) is 0 Å². The van der Waals surface area contributed by atoms with Gasteiger partial charge in [0.05, 0.1) is 17.7 Å². The normalized spacial score (nSPS) is 14.7. The van der Waals surface area contributed by atoms with E-state index in [2.05, 4.69) is 0 Å². The first kappa shape index (κ1) is 19.0. The molecule has 0 fully saturated rings. The molecule has 0 unspecified atom stereocenters. The second-order valence-corrected chi connectivity index (χ2v) is 6.48. The molecule has 0 radical (unpaired) electrons. The lowest BCUT2D eigenvalue weighted by molar-refractivity contribution is -0.132. The van der Waals surface area contributed by atoms with E-state index in [1.807, 2.05) is 0 Å². The Labute approximate surface area is 165 Å². The fraction of sp³-hybridized carbons (Fsp3) is 0.100. The first-order valence-electron chi connectivity index (χ1n) is 7.85. The highest BCUT2D eigenvalue weighted by Gasteiger charge is 2.22. The van der Waals surface area contributed by atoms with Gasteiger partial charge in [0.1, 0.15) is 5.76 Å². The van der Waals surface area contributed by atoms with E-state index in [-0.39, 0.29) is 16.5 Å². The monoisotopic (exact) mass is 404 g/mol. The van der Waals surface area contributed by atoms with Crippen LogP contribution in [0.1, 0.15) is 18.1 Å². The quantitative estimate of drug-likeness (QED) is 0.411. The number of carbonyl (C=O) groups is 2. The predicted octanol–water partition coefficient (Wildman–Crippen LogP) is 4.91. The third-order valence-electron chi connectivity index (χ3n) is 3.67. The van der Waals surface area contributed by atoms with E-state index in [9.17, 15) is 9.59 Å². The summed E-state index contributed by atoms with van der Waals surface area (Å²) in [6, 6.07) is 10.1. The van der Waals surface area contributed by atoms with Gasteiger partial charge in [-0.15, -0.1) is 0 Å². The van der Waals surface area contributed by atoms with Crippen LogP contribution >= 0.6 is 23.2 Å². The summed E-state index contributed by atoms with van der Waals surface area (Å²) in [4.78, 5) is 23.4. The van der Waals surface area contributed by atoms with Crippen molar-refractivity contribution in [1.29, 1.82) is 0 Å². The minimum Gasteiger partial charge on any atom is -0.493 e. The van der Waals surface area contributed by atoms with E-state index in [0.717, 1.165) is 5.56 Å². The summed E-state index contributed by atoms with van der Waals surface area (Å²) in [5.41, 5.74) is 1.67. The summed E-state index contributed by atoms with van der Waals surface area (Å²) in [6.07, 6.45) is 3.24. The van der Waals surface area contributed by atoms with Gasteiger partial charge in [-0.3, -0.25) is 4.79 Å². The van der Waals surface area contributed by atoms with Crippen molar-refractivity contribution in [2.75, 3.05) is 7.11 Å². The lowest BCUT2D eigenvalue weighted by atomic mass is 10.1. The highest BCUT2D eigenvalue weighted by Crippen LogP contribution is 2.38. The Morgan fingerprint density at radius 3 is 2.48 bits per heavy atom. The lowest BCUT2D eigenvalue weighted by Crippen LogP contribution is -2.04. The van der Waals surface area contributed by atoms with Gasteiger partial charge in [0.2, 0.25) is 0 Å². The number of halogens is 2. The van der Waals surface area contributed by atoms with Gasteiger partial charge < -0.3 is 14.2 Å². The molecule has 7 heteroatoms. The summed E-state index contributed by atoms with van der Waals surface area (Å²) >= 11 is 12.1. The lowest BCUT2D eigenvalue weighted by Gasteiger charge is -2.11. The fourth-order valence-corrected chi connectivity index (χ4v) is 2.87. The maximum absolute atomic E-state index is 12.2. The van der Waals surface area contributed by atoms with Crippen molar-refractivity contribution < 1.29 is 23.8 Å². The van der Waals surface area contributed by atoms with E-state index in [0.29, 0.717) is 21.9 Å². The second-order valence-electron chi connectivity index (χ2n) is 5.63. The first-order chi connectivity index (χ1) is 12.9. The smallest absolute Gasteiger partial charge is 0.343 e. The Balaban J connectivity index is 1.96. The van der Waals surface area contributed by atoms with Crippen LogP contribution in [0, 0.1) is 0 Å². The van der Waals surface area contributed by atoms with Crippen LogP contribution in [0.5, 0.6) is 11.5 Å². The van der Waals surface area contributed by atoms with Crippen LogP contribution < -0.4 is 9.47 Å². The zero-order valence-corrected chi connectivity index (χ0v) is 15.9. The number of benzene rings is 2. The largest absolute Gasteiger partial charge is 0.493 e. The van der Waals surface area contributed by atoms with Gasteiger partial charge in [-0.2, -0.15) is 0 Å². The predicted molar refractivity (Wildman–Crippen MR) is 103 cm³/mol. The molecular formula is C20H14Cl2O5. The minimum atomic E-state index is -0.517. The van der Waals surface area contributed by atoms with Crippen molar-refractivity contribution in [1.82, 2.24) is 0 Å². The van der Waals surface area contributed by atoms with E-state index in [1.54, 1.807) is 48.6 Å². The molecule has 5 nitrogen and oxygen atoms in total. The number of ether oxygens (including phenoxy) is 3. The molecule has 1 aliphatic rings.